The molecule has 0 spiro atoms. The van der Waals surface area contributed by atoms with Crippen molar-refractivity contribution in [1.82, 2.24) is 0 Å². The van der Waals surface area contributed by atoms with Crippen molar-refractivity contribution < 1.29 is 44.0 Å². The van der Waals surface area contributed by atoms with Crippen LogP contribution in [0.15, 0.2) is 60.2 Å². The summed E-state index contributed by atoms with van der Waals surface area (Å²) in [7, 11) is 0. The van der Waals surface area contributed by atoms with Gasteiger partial charge in [-0.3, -0.25) is 6.08 Å². The predicted molar refractivity (Wildman–Crippen MR) is 143 cm³/mol. The summed E-state index contributed by atoms with van der Waals surface area (Å²) in [4.78, 5) is 0. The summed E-state index contributed by atoms with van der Waals surface area (Å²) in [5.41, 5.74) is 4.57. The summed E-state index contributed by atoms with van der Waals surface area (Å²) in [5.74, 6) is 0. The van der Waals surface area contributed by atoms with Gasteiger partial charge in [0.25, 0.3) is 0 Å². The fourth-order valence-electron chi connectivity index (χ4n) is 3.65. The Kier molecular flexibility index (Phi) is 13.9. The van der Waals surface area contributed by atoms with Crippen LogP contribution in [0.5, 0.6) is 0 Å². The van der Waals surface area contributed by atoms with Crippen LogP contribution in [0, 0.1) is 6.08 Å². The first-order valence-electron chi connectivity index (χ1n) is 11.7. The van der Waals surface area contributed by atoms with Crippen LogP contribution in [-0.4, -0.2) is 6.19 Å². The molecule has 4 heteroatoms. The van der Waals surface area contributed by atoms with Crippen molar-refractivity contribution >= 4 is 27.7 Å². The molecule has 0 atom stereocenters. The number of fused-ring (bicyclic) bond motifs is 3. The van der Waals surface area contributed by atoms with Crippen LogP contribution < -0.4 is 24.8 Å². The summed E-state index contributed by atoms with van der Waals surface area (Å²) in [6.45, 7) is 20.3. The summed E-state index contributed by atoms with van der Waals surface area (Å²) in [6.07, 6.45) is 9.78. The number of allylic oxidation sites excluding steroid dienone is 4. The first-order valence-corrected chi connectivity index (χ1v) is 16.6. The van der Waals surface area contributed by atoms with Gasteiger partial charge in [0.1, 0.15) is 0 Å². The summed E-state index contributed by atoms with van der Waals surface area (Å²) >= 11 is 2.27. The van der Waals surface area contributed by atoms with E-state index in [4.69, 9.17) is 0 Å². The second-order valence-corrected chi connectivity index (χ2v) is 17.6. The third kappa shape index (κ3) is 9.75. The summed E-state index contributed by atoms with van der Waals surface area (Å²) in [5, 5.41) is 5.48. The minimum absolute atomic E-state index is 0. The van der Waals surface area contributed by atoms with Crippen LogP contribution in [0.4, 0.5) is 0 Å². The fourth-order valence-corrected chi connectivity index (χ4v) is 3.65. The molecule has 0 amide bonds. The number of hydrogen-bond donors (Lipinski definition) is 0. The van der Waals surface area contributed by atoms with Crippen LogP contribution in [0.3, 0.4) is 0 Å². The number of rotatable bonds is 1. The summed E-state index contributed by atoms with van der Waals surface area (Å²) in [6, 6.07) is 16.2. The zero-order valence-electron chi connectivity index (χ0n) is 22.4. The van der Waals surface area contributed by atoms with E-state index in [-0.39, 0.29) is 41.8 Å². The smallest absolute Gasteiger partial charge is 1.00 e. The molecule has 0 N–H and O–H groups in total. The monoisotopic (exact) mass is 546 g/mol. The van der Waals surface area contributed by atoms with Gasteiger partial charge < -0.3 is 24.8 Å². The third-order valence-corrected chi connectivity index (χ3v) is 5.58. The van der Waals surface area contributed by atoms with Crippen LogP contribution in [0.2, 0.25) is 13.1 Å². The Hall–Kier alpha value is -0.699. The van der Waals surface area contributed by atoms with E-state index in [1.165, 1.54) is 38.2 Å². The Morgan fingerprint density at radius 1 is 0.853 bits per heavy atom. The Bertz CT molecular complexity index is 1070. The molecule has 0 aromatic heterocycles. The quantitative estimate of drug-likeness (QED) is 0.325. The predicted octanol–water partition coefficient (Wildman–Crippen LogP) is 3.19. The van der Waals surface area contributed by atoms with Crippen molar-refractivity contribution in [2.24, 2.45) is 0 Å². The Labute approximate surface area is 233 Å². The second-order valence-electron chi connectivity index (χ2n) is 10.9. The normalized spacial score (nSPS) is 12.6. The van der Waals surface area contributed by atoms with E-state index >= 15 is 0 Å². The van der Waals surface area contributed by atoms with Gasteiger partial charge in [-0.15, -0.1) is 46.2 Å². The van der Waals surface area contributed by atoms with E-state index in [0.717, 1.165) is 12.8 Å². The standard InChI is InChI=1S/C21H25.C7H9.C2H6Si.2ClH.Ti/c1-20(2,3)16-7-9-18-14(12-16)11-15-13-17(21(4,5)6)8-10-19(15)18;1-2-7-5-3-4-6-7;1-3-2;;;/h7-13H,1-6H3;3,5H,2,4H2,1H3;1-2H3;2*1H;/q2*-1;;;;+2/p-2. The van der Waals surface area contributed by atoms with Crippen molar-refractivity contribution in [3.8, 4) is 0 Å². The molecule has 1 aliphatic carbocycles. The minimum Gasteiger partial charge on any atom is -1.00 e. The molecule has 0 bridgehead atoms. The van der Waals surface area contributed by atoms with E-state index in [1.807, 2.05) is 0 Å². The van der Waals surface area contributed by atoms with Gasteiger partial charge in [0, 0.05) is 0 Å². The fraction of sp³-hybridized carbons (Fsp3) is 0.433. The largest absolute Gasteiger partial charge is 1.00 e. The first-order chi connectivity index (χ1) is 14.8. The van der Waals surface area contributed by atoms with E-state index in [9.17, 15) is 0 Å². The molecule has 0 radical (unpaired) electrons. The average molecular weight is 548 g/mol. The maximum Gasteiger partial charge on any atom is -1.00 e. The van der Waals surface area contributed by atoms with Crippen molar-refractivity contribution in [3.63, 3.8) is 0 Å². The Morgan fingerprint density at radius 2 is 1.26 bits per heavy atom. The first kappa shape index (κ1) is 33.3. The third-order valence-electron chi connectivity index (χ3n) is 5.58. The van der Waals surface area contributed by atoms with E-state index in [1.54, 1.807) is 0 Å². The van der Waals surface area contributed by atoms with Crippen LogP contribution >= 0.6 is 0 Å². The zero-order valence-corrected chi connectivity index (χ0v) is 26.4. The Balaban J connectivity index is 0.000000702. The molecule has 0 saturated heterocycles. The van der Waals surface area contributed by atoms with Gasteiger partial charge in [-0.2, -0.15) is 6.08 Å². The number of hydrogen-bond acceptors (Lipinski definition) is 0. The van der Waals surface area contributed by atoms with E-state index < -0.39 is 0 Å². The molecule has 0 fully saturated rings. The summed E-state index contributed by atoms with van der Waals surface area (Å²) < 4.78 is 0. The Morgan fingerprint density at radius 3 is 1.53 bits per heavy atom. The molecule has 3 aromatic carbocycles. The maximum atomic E-state index is 3.21. The van der Waals surface area contributed by atoms with Crippen molar-refractivity contribution in [2.45, 2.75) is 85.2 Å². The molecular weight excluding hydrogens is 507 g/mol. The van der Waals surface area contributed by atoms with Gasteiger partial charge >= 0.3 is 38.5 Å². The van der Waals surface area contributed by atoms with E-state index in [2.05, 4.69) is 141 Å². The number of halogens is 2. The van der Waals surface area contributed by atoms with Gasteiger partial charge in [-0.05, 0) is 10.8 Å². The van der Waals surface area contributed by atoms with Crippen molar-refractivity contribution in [1.29, 1.82) is 0 Å². The van der Waals surface area contributed by atoms with Gasteiger partial charge in [0.2, 0.25) is 0 Å². The molecule has 184 valence electrons. The van der Waals surface area contributed by atoms with Crippen LogP contribution in [0.1, 0.15) is 72.4 Å². The van der Waals surface area contributed by atoms with E-state index in [0.29, 0.717) is 0 Å². The van der Waals surface area contributed by atoms with Crippen LogP contribution in [-0.2, 0) is 30.0 Å². The maximum absolute atomic E-state index is 3.21. The molecule has 0 nitrogen and oxygen atoms in total. The topological polar surface area (TPSA) is 0 Å². The zero-order chi connectivity index (χ0) is 24.1. The molecule has 34 heavy (non-hydrogen) atoms. The molecule has 0 unspecified atom stereocenters. The van der Waals surface area contributed by atoms with Gasteiger partial charge in [-0.1, -0.05) is 90.3 Å². The average Bonchev–Trinajstić information content (AvgIpc) is 3.33. The van der Waals surface area contributed by atoms with Crippen LogP contribution in [0.25, 0.3) is 21.5 Å². The molecule has 3 aromatic rings. The minimum atomic E-state index is 0. The molecule has 4 rings (SSSR count). The van der Waals surface area contributed by atoms with Gasteiger partial charge in [0.05, 0.1) is 0 Å². The van der Waals surface area contributed by atoms with Gasteiger partial charge in [-0.25, -0.2) is 11.6 Å². The molecule has 0 heterocycles. The SMILES string of the molecule is CC(C)(C)c1ccc2c(c1)[cH-]c1cc(C(C)(C)C)ccc12.CCC1=[C-]CC=C1.C[Si](C)=[Ti+2].[Cl-].[Cl-]. The molecule has 0 aliphatic heterocycles. The second kappa shape index (κ2) is 14.1. The molecular formula is C30H40Cl2SiTi-2. The van der Waals surface area contributed by atoms with Crippen molar-refractivity contribution in [2.75, 3.05) is 0 Å². The number of benzene rings is 2. The van der Waals surface area contributed by atoms with Gasteiger partial charge in [0.15, 0.2) is 0 Å². The molecule has 0 saturated carbocycles. The van der Waals surface area contributed by atoms with Crippen molar-refractivity contribution in [3.05, 3.63) is 77.4 Å². The molecule has 1 aliphatic rings.